The summed E-state index contributed by atoms with van der Waals surface area (Å²) in [6.45, 7) is 5.16. The molecule has 8 amide bonds. The van der Waals surface area contributed by atoms with Gasteiger partial charge < -0.3 is 66.1 Å². The molecule has 0 fully saturated rings. The molecule has 3 aliphatic rings. The number of carbonyl (C=O) groups excluding carboxylic acids is 12. The van der Waals surface area contributed by atoms with Gasteiger partial charge in [-0.15, -0.1) is 23.2 Å². The van der Waals surface area contributed by atoms with Crippen molar-refractivity contribution in [3.8, 4) is 5.75 Å². The van der Waals surface area contributed by atoms with Crippen molar-refractivity contribution in [1.29, 1.82) is 0 Å². The van der Waals surface area contributed by atoms with Gasteiger partial charge in [-0.2, -0.15) is 0 Å². The van der Waals surface area contributed by atoms with Crippen molar-refractivity contribution in [1.82, 2.24) is 26.6 Å². The number of Topliss-reactive ketones (excluding diaryl/α,β-unsaturated/α-hetero) is 3. The lowest BCUT2D eigenvalue weighted by atomic mass is 9.94. The fourth-order valence-electron chi connectivity index (χ4n) is 11.6. The Morgan fingerprint density at radius 3 is 1.58 bits per heavy atom. The van der Waals surface area contributed by atoms with Crippen LogP contribution >= 0.6 is 23.2 Å². The number of carboxylic acids is 2. The van der Waals surface area contributed by atoms with Gasteiger partial charge in [-0.3, -0.25) is 57.5 Å². The summed E-state index contributed by atoms with van der Waals surface area (Å²) in [6, 6.07) is 11.8. The minimum atomic E-state index is -1.95. The number of alkyl halides is 2. The maximum atomic E-state index is 14.4. The van der Waals surface area contributed by atoms with Crippen molar-refractivity contribution in [3.05, 3.63) is 96.1 Å². The summed E-state index contributed by atoms with van der Waals surface area (Å²) in [4.78, 5) is 189. The van der Waals surface area contributed by atoms with Crippen LogP contribution in [-0.2, 0) is 76.6 Å². The molecule has 0 radical (unpaired) electrons. The van der Waals surface area contributed by atoms with Crippen LogP contribution in [0.4, 0.5) is 17.1 Å². The smallest absolute Gasteiger partial charge is 0.328 e. The van der Waals surface area contributed by atoms with E-state index in [1.165, 1.54) is 20.8 Å². The Morgan fingerprint density at radius 2 is 1.04 bits per heavy atom. The van der Waals surface area contributed by atoms with Crippen LogP contribution in [0.1, 0.15) is 108 Å². The molecule has 97 heavy (non-hydrogen) atoms. The molecule has 27 nitrogen and oxygen atoms in total. The molecule has 3 heterocycles. The molecule has 518 valence electrons. The molecule has 4 bridgehead atoms. The van der Waals surface area contributed by atoms with Crippen molar-refractivity contribution < 1.29 is 91.5 Å². The summed E-state index contributed by atoms with van der Waals surface area (Å²) in [5.41, 5.74) is 2.93. The molecular formula is C68H78Cl2N8O19. The van der Waals surface area contributed by atoms with Gasteiger partial charge in [0, 0.05) is 148 Å². The zero-order valence-corrected chi connectivity index (χ0v) is 55.4. The van der Waals surface area contributed by atoms with Gasteiger partial charge in [-0.05, 0) is 54.7 Å². The summed E-state index contributed by atoms with van der Waals surface area (Å²) in [5, 5.41) is 35.8. The summed E-state index contributed by atoms with van der Waals surface area (Å²) in [5.74, 6) is -13.6. The first-order valence-electron chi connectivity index (χ1n) is 31.7. The number of anilines is 3. The number of halogens is 2. The maximum Gasteiger partial charge on any atom is 0.328 e. The molecule has 4 aromatic rings. The van der Waals surface area contributed by atoms with Crippen molar-refractivity contribution in [2.75, 3.05) is 72.9 Å². The SMILES string of the molecule is CC1CC(=O)C(C)NC(=O)CCOCCCC(=O)C(NC(=O)/C=C\C(=O)O)C(NC(=O)/C=C\C(=O)O)C(=O)NCCOCCC(=O)NC(C)C(=O)CC(C)C(=O)Oc2cc3c(c4ccccc24)[C@H](CCl)CN3C(=O)CCCC(=O)N2C[C@@H](CCl)c3c2cc(c2ccccc32)NC1=O. The predicted octanol–water partition coefficient (Wildman–Crippen LogP) is 4.79. The van der Waals surface area contributed by atoms with Gasteiger partial charge >= 0.3 is 17.9 Å². The Kier molecular flexibility index (Phi) is 27.4. The van der Waals surface area contributed by atoms with E-state index in [9.17, 15) is 67.1 Å². The molecule has 0 saturated carbocycles. The minimum Gasteiger partial charge on any atom is -0.478 e. The number of carbonyl (C=O) groups is 14. The number of aliphatic carboxylic acids is 2. The maximum absolute atomic E-state index is 14.4. The second-order valence-electron chi connectivity index (χ2n) is 23.9. The number of rotatable bonds is 8. The molecule has 0 saturated heterocycles. The van der Waals surface area contributed by atoms with Gasteiger partial charge in [0.05, 0.1) is 49.2 Å². The molecule has 8 atom stereocenters. The largest absolute Gasteiger partial charge is 0.478 e. The van der Waals surface area contributed by atoms with Crippen LogP contribution < -0.4 is 46.4 Å². The topological polar surface area (TPSA) is 386 Å². The van der Waals surface area contributed by atoms with E-state index in [0.717, 1.165) is 16.5 Å². The number of hydrogen-bond donors (Lipinski definition) is 8. The van der Waals surface area contributed by atoms with E-state index in [2.05, 4.69) is 31.9 Å². The molecule has 7 rings (SSSR count). The van der Waals surface area contributed by atoms with Crippen molar-refractivity contribution >= 4 is 144 Å². The fraction of sp³-hybridized carbons (Fsp3) is 0.441. The van der Waals surface area contributed by atoms with E-state index in [1.54, 1.807) is 53.1 Å². The molecule has 3 aliphatic heterocycles. The summed E-state index contributed by atoms with van der Waals surface area (Å²) < 4.78 is 17.1. The monoisotopic (exact) mass is 1380 g/mol. The van der Waals surface area contributed by atoms with Crippen LogP contribution in [0.15, 0.2) is 85.0 Å². The Bertz CT molecular complexity index is 3540. The van der Waals surface area contributed by atoms with E-state index in [0.29, 0.717) is 57.5 Å². The van der Waals surface area contributed by atoms with E-state index >= 15 is 0 Å². The lowest BCUT2D eigenvalue weighted by Crippen LogP contribution is -2.61. The average Bonchev–Trinajstić information content (AvgIpc) is 1.65. The highest BCUT2D eigenvalue weighted by atomic mass is 35.5. The molecule has 0 aliphatic carbocycles. The van der Waals surface area contributed by atoms with Gasteiger partial charge in [0.15, 0.2) is 17.3 Å². The van der Waals surface area contributed by atoms with Crippen molar-refractivity contribution in [3.63, 3.8) is 0 Å². The Hall–Kier alpha value is -9.44. The van der Waals surface area contributed by atoms with Gasteiger partial charge in [-0.25, -0.2) is 9.59 Å². The summed E-state index contributed by atoms with van der Waals surface area (Å²) in [6.07, 6.45) is 0.354. The molecule has 4 aromatic carbocycles. The number of amides is 8. The van der Waals surface area contributed by atoms with E-state index in [1.807, 2.05) is 24.3 Å². The van der Waals surface area contributed by atoms with E-state index < -0.39 is 113 Å². The second kappa shape index (κ2) is 35.5. The third-order valence-corrected chi connectivity index (χ3v) is 17.4. The highest BCUT2D eigenvalue weighted by Crippen LogP contribution is 2.47. The third-order valence-electron chi connectivity index (χ3n) is 16.6. The summed E-state index contributed by atoms with van der Waals surface area (Å²) >= 11 is 13.2. The first-order valence-corrected chi connectivity index (χ1v) is 32.8. The molecular weight excluding hydrogens is 1300 g/mol. The number of esters is 1. The average molecular weight is 1380 g/mol. The second-order valence-corrected chi connectivity index (χ2v) is 24.5. The van der Waals surface area contributed by atoms with Crippen LogP contribution in [0.25, 0.3) is 21.5 Å². The first kappa shape index (κ1) is 74.9. The van der Waals surface area contributed by atoms with Crippen LogP contribution in [0.3, 0.4) is 0 Å². The standard InChI is InChI=1S/C68H78Cl2N8O19/c1-37-29-51(80)39(3)72-56(84)22-26-95-25-10-15-50(79)64(75-54(82)18-20-60(88)89)65(76-55(83)19-21-61(90)91)67(93)71-24-28-96-27-23-57(85)73-40(4)52(81)30-38(2)68(94)97-53-32-49-63(46-14-8-6-12-44(46)53)42(34-70)36-78(49)59(87)17-9-16-58(86)77-35-41(33-69)62-45-13-7-5-11-43(45)47(31-48(62)77)74-66(37)92/h5-8,11-14,18-21,31-32,37-42,64-65H,9-10,15-17,22-30,33-36H2,1-4H3,(H,71,93)(H,72,84)(H,73,85)(H,74,92)(H,75,82)(H,76,83)(H,88,89)(H,90,91)/b20-18-,21-19-/t37?,38?,39?,40?,41-,42-,64?,65?/m1/s1. The number of ether oxygens (including phenoxy) is 3. The number of nitrogens with one attached hydrogen (secondary N) is 6. The Morgan fingerprint density at radius 1 is 0.557 bits per heavy atom. The van der Waals surface area contributed by atoms with Gasteiger partial charge in [-0.1, -0.05) is 62.4 Å². The number of fused-ring (bicyclic) bond motifs is 8. The fourth-order valence-corrected chi connectivity index (χ4v) is 12.1. The Labute approximate surface area is 568 Å². The van der Waals surface area contributed by atoms with E-state index in [4.69, 9.17) is 47.6 Å². The zero-order valence-electron chi connectivity index (χ0n) is 53.9. The lowest BCUT2D eigenvalue weighted by molar-refractivity contribution is -0.140. The highest BCUT2D eigenvalue weighted by Gasteiger charge is 2.39. The number of benzene rings is 4. The molecule has 0 aromatic heterocycles. The van der Waals surface area contributed by atoms with Gasteiger partial charge in [0.2, 0.25) is 47.3 Å². The number of ketones is 3. The zero-order chi connectivity index (χ0) is 70.6. The molecule has 0 spiro atoms. The first-order chi connectivity index (χ1) is 46.3. The minimum absolute atomic E-state index is 0.0413. The number of hydrogen-bond acceptors (Lipinski definition) is 17. The normalized spacial score (nSPS) is 23.6. The predicted molar refractivity (Wildman–Crippen MR) is 356 cm³/mol. The molecule has 6 unspecified atom stereocenters. The number of carboxylic acid groups (broad SMARTS) is 2. The summed E-state index contributed by atoms with van der Waals surface area (Å²) in [7, 11) is 0. The van der Waals surface area contributed by atoms with Crippen molar-refractivity contribution in [2.24, 2.45) is 11.8 Å². The van der Waals surface area contributed by atoms with Gasteiger partial charge in [0.25, 0.3) is 0 Å². The lowest BCUT2D eigenvalue weighted by Gasteiger charge is -2.26. The number of nitrogens with zero attached hydrogens (tertiary/aromatic N) is 2. The molecule has 8 N–H and O–H groups in total. The van der Waals surface area contributed by atoms with Crippen LogP contribution in [0.5, 0.6) is 5.75 Å². The van der Waals surface area contributed by atoms with E-state index in [-0.39, 0.29) is 139 Å². The Balaban J connectivity index is 1.10. The highest BCUT2D eigenvalue weighted by molar-refractivity contribution is 6.20. The van der Waals surface area contributed by atoms with Crippen LogP contribution in [0, 0.1) is 11.8 Å². The van der Waals surface area contributed by atoms with Gasteiger partial charge in [0.1, 0.15) is 17.8 Å². The molecule has 29 heteroatoms. The van der Waals surface area contributed by atoms with Crippen LogP contribution in [-0.4, -0.2) is 175 Å². The third kappa shape index (κ3) is 20.3. The quantitative estimate of drug-likeness (QED) is 0.0509. The van der Waals surface area contributed by atoms with Crippen molar-refractivity contribution in [2.45, 2.75) is 121 Å². The van der Waals surface area contributed by atoms with Crippen LogP contribution in [0.2, 0.25) is 0 Å².